The van der Waals surface area contributed by atoms with Crippen molar-refractivity contribution in [1.29, 1.82) is 0 Å². The summed E-state index contributed by atoms with van der Waals surface area (Å²) in [5, 5.41) is 10.1. The van der Waals surface area contributed by atoms with Gasteiger partial charge in [-0.15, -0.1) is 0 Å². The van der Waals surface area contributed by atoms with Crippen molar-refractivity contribution >= 4 is 16.9 Å². The number of carbonyl (C=O) groups is 1. The molecule has 1 heterocycles. The van der Waals surface area contributed by atoms with E-state index in [1.165, 1.54) is 25.2 Å². The lowest BCUT2D eigenvalue weighted by Gasteiger charge is -2.12. The van der Waals surface area contributed by atoms with Gasteiger partial charge in [0.05, 0.1) is 23.9 Å². The maximum Gasteiger partial charge on any atom is 0.418 e. The number of aliphatic hydroxyl groups is 1. The molecule has 1 atom stereocenters. The van der Waals surface area contributed by atoms with Crippen molar-refractivity contribution in [2.45, 2.75) is 12.3 Å². The highest BCUT2D eigenvalue weighted by Gasteiger charge is 2.34. The predicted molar refractivity (Wildman–Crippen MR) is 64.9 cm³/mol. The van der Waals surface area contributed by atoms with E-state index >= 15 is 0 Å². The Morgan fingerprint density at radius 3 is 2.60 bits per heavy atom. The Hall–Kier alpha value is -2.02. The minimum atomic E-state index is -4.51. The van der Waals surface area contributed by atoms with Crippen LogP contribution >= 0.6 is 0 Å². The highest BCUT2D eigenvalue weighted by molar-refractivity contribution is 5.87. The Balaban J connectivity index is 2.68. The Morgan fingerprint density at radius 1 is 1.40 bits per heavy atom. The van der Waals surface area contributed by atoms with Gasteiger partial charge in [0.1, 0.15) is 0 Å². The van der Waals surface area contributed by atoms with Crippen molar-refractivity contribution < 1.29 is 27.8 Å². The summed E-state index contributed by atoms with van der Waals surface area (Å²) < 4.78 is 44.4. The van der Waals surface area contributed by atoms with Crippen LogP contribution in [0.1, 0.15) is 17.4 Å². The molecule has 7 heteroatoms. The number of alkyl halides is 3. The zero-order chi connectivity index (χ0) is 15.1. The van der Waals surface area contributed by atoms with Gasteiger partial charge in [-0.2, -0.15) is 13.2 Å². The molecule has 0 aliphatic rings. The van der Waals surface area contributed by atoms with E-state index in [-0.39, 0.29) is 11.2 Å². The van der Waals surface area contributed by atoms with Crippen LogP contribution in [0.2, 0.25) is 0 Å². The van der Waals surface area contributed by atoms with Gasteiger partial charge >= 0.3 is 12.1 Å². The van der Waals surface area contributed by atoms with Crippen LogP contribution in [0.4, 0.5) is 13.2 Å². The second-order valence-corrected chi connectivity index (χ2v) is 4.30. The van der Waals surface area contributed by atoms with Gasteiger partial charge in [0.25, 0.3) is 0 Å². The SMILES string of the molecule is COC(=O)C(O)c1cc2cccc(C(F)(F)F)c2n1C. The van der Waals surface area contributed by atoms with E-state index in [4.69, 9.17) is 0 Å². The maximum atomic E-state index is 13.0. The number of aromatic nitrogens is 1. The fourth-order valence-corrected chi connectivity index (χ4v) is 2.16. The highest BCUT2D eigenvalue weighted by Crippen LogP contribution is 2.36. The van der Waals surface area contributed by atoms with Gasteiger partial charge in [0.15, 0.2) is 6.10 Å². The van der Waals surface area contributed by atoms with Crippen LogP contribution in [-0.2, 0) is 22.8 Å². The number of methoxy groups -OCH3 is 1. The van der Waals surface area contributed by atoms with Crippen LogP contribution in [0.15, 0.2) is 24.3 Å². The lowest BCUT2D eigenvalue weighted by molar-refractivity contribution is -0.151. The number of ether oxygens (including phenoxy) is 1. The van der Waals surface area contributed by atoms with Crippen molar-refractivity contribution in [3.63, 3.8) is 0 Å². The quantitative estimate of drug-likeness (QED) is 0.863. The fourth-order valence-electron chi connectivity index (χ4n) is 2.16. The summed E-state index contributed by atoms with van der Waals surface area (Å²) in [6.45, 7) is 0. The number of fused-ring (bicyclic) bond motifs is 1. The molecule has 0 spiro atoms. The molecule has 0 saturated heterocycles. The van der Waals surface area contributed by atoms with Crippen LogP contribution in [-0.4, -0.2) is 22.8 Å². The molecule has 1 aromatic heterocycles. The number of aryl methyl sites for hydroxylation is 1. The van der Waals surface area contributed by atoms with Crippen LogP contribution in [0.25, 0.3) is 10.9 Å². The second-order valence-electron chi connectivity index (χ2n) is 4.30. The summed E-state index contributed by atoms with van der Waals surface area (Å²) >= 11 is 0. The third-order valence-electron chi connectivity index (χ3n) is 3.10. The highest BCUT2D eigenvalue weighted by atomic mass is 19.4. The van der Waals surface area contributed by atoms with Crippen LogP contribution in [0.5, 0.6) is 0 Å². The van der Waals surface area contributed by atoms with E-state index in [1.54, 1.807) is 0 Å². The van der Waals surface area contributed by atoms with E-state index in [9.17, 15) is 23.1 Å². The van der Waals surface area contributed by atoms with Crippen LogP contribution < -0.4 is 0 Å². The normalized spacial score (nSPS) is 13.5. The molecular weight excluding hydrogens is 275 g/mol. The monoisotopic (exact) mass is 287 g/mol. The second kappa shape index (κ2) is 4.82. The summed E-state index contributed by atoms with van der Waals surface area (Å²) in [7, 11) is 2.45. The molecular formula is C13H12F3NO3. The average molecular weight is 287 g/mol. The number of benzene rings is 1. The molecule has 20 heavy (non-hydrogen) atoms. The molecule has 0 bridgehead atoms. The third kappa shape index (κ3) is 2.24. The summed E-state index contributed by atoms with van der Waals surface area (Å²) in [4.78, 5) is 11.3. The molecule has 0 saturated carbocycles. The molecule has 0 fully saturated rings. The molecule has 2 rings (SSSR count). The largest absolute Gasteiger partial charge is 0.467 e. The van der Waals surface area contributed by atoms with Gasteiger partial charge in [-0.05, 0) is 12.1 Å². The van der Waals surface area contributed by atoms with Crippen molar-refractivity contribution in [3.8, 4) is 0 Å². The van der Waals surface area contributed by atoms with E-state index in [1.807, 2.05) is 0 Å². The predicted octanol–water partition coefficient (Wildman–Crippen LogP) is 2.40. The first-order chi connectivity index (χ1) is 9.27. The van der Waals surface area contributed by atoms with Crippen molar-refractivity contribution in [3.05, 3.63) is 35.5 Å². The Labute approximate surface area is 112 Å². The van der Waals surface area contributed by atoms with Crippen molar-refractivity contribution in [1.82, 2.24) is 4.57 Å². The molecule has 0 aliphatic heterocycles. The number of carbonyl (C=O) groups excluding carboxylic acids is 1. The van der Waals surface area contributed by atoms with Gasteiger partial charge in [0, 0.05) is 12.4 Å². The summed E-state index contributed by atoms with van der Waals surface area (Å²) in [6, 6.07) is 5.06. The number of nitrogens with zero attached hydrogens (tertiary/aromatic N) is 1. The Kier molecular flexibility index (Phi) is 3.47. The minimum Gasteiger partial charge on any atom is -0.467 e. The lowest BCUT2D eigenvalue weighted by Crippen LogP contribution is -2.16. The van der Waals surface area contributed by atoms with Crippen molar-refractivity contribution in [2.75, 3.05) is 7.11 Å². The first-order valence-corrected chi connectivity index (χ1v) is 5.68. The standard InChI is InChI=1S/C13H12F3NO3/c1-17-9(11(18)12(19)20-2)6-7-4-3-5-8(10(7)17)13(14,15)16/h3-6,11,18H,1-2H3. The lowest BCUT2D eigenvalue weighted by atomic mass is 10.1. The Morgan fingerprint density at radius 2 is 2.05 bits per heavy atom. The number of aliphatic hydroxyl groups excluding tert-OH is 1. The number of hydrogen-bond acceptors (Lipinski definition) is 3. The van der Waals surface area contributed by atoms with Gasteiger partial charge < -0.3 is 14.4 Å². The minimum absolute atomic E-state index is 0.0450. The van der Waals surface area contributed by atoms with E-state index < -0.39 is 23.8 Å². The first kappa shape index (κ1) is 14.4. The maximum absolute atomic E-state index is 13.0. The molecule has 108 valence electrons. The zero-order valence-electron chi connectivity index (χ0n) is 10.7. The number of esters is 1. The smallest absolute Gasteiger partial charge is 0.418 e. The van der Waals surface area contributed by atoms with Crippen molar-refractivity contribution in [2.24, 2.45) is 7.05 Å². The average Bonchev–Trinajstić information content (AvgIpc) is 2.73. The molecule has 1 aromatic carbocycles. The molecule has 4 nitrogen and oxygen atoms in total. The fraction of sp³-hybridized carbons (Fsp3) is 0.308. The van der Waals surface area contributed by atoms with Gasteiger partial charge in [0.2, 0.25) is 0 Å². The third-order valence-corrected chi connectivity index (χ3v) is 3.10. The first-order valence-electron chi connectivity index (χ1n) is 5.68. The molecule has 1 N–H and O–H groups in total. The number of para-hydroxylation sites is 1. The van der Waals surface area contributed by atoms with Gasteiger partial charge in [-0.3, -0.25) is 0 Å². The summed E-state index contributed by atoms with van der Waals surface area (Å²) in [5.41, 5.74) is -0.859. The number of halogens is 3. The van der Waals surface area contributed by atoms with Gasteiger partial charge in [-0.1, -0.05) is 12.1 Å². The summed E-state index contributed by atoms with van der Waals surface area (Å²) in [5.74, 6) is -0.926. The Bertz CT molecular complexity index is 661. The van der Waals surface area contributed by atoms with Crippen LogP contribution in [0.3, 0.4) is 0 Å². The zero-order valence-corrected chi connectivity index (χ0v) is 10.7. The number of rotatable bonds is 2. The van der Waals surface area contributed by atoms with Crippen LogP contribution in [0, 0.1) is 0 Å². The van der Waals surface area contributed by atoms with E-state index in [0.717, 1.165) is 17.7 Å². The molecule has 2 aromatic rings. The van der Waals surface area contributed by atoms with Gasteiger partial charge in [-0.25, -0.2) is 4.79 Å². The van der Waals surface area contributed by atoms with E-state index in [2.05, 4.69) is 4.74 Å². The molecule has 0 amide bonds. The topological polar surface area (TPSA) is 51.5 Å². The number of hydrogen-bond donors (Lipinski definition) is 1. The molecule has 0 radical (unpaired) electrons. The molecule has 0 aliphatic carbocycles. The van der Waals surface area contributed by atoms with E-state index in [0.29, 0.717) is 5.39 Å². The summed E-state index contributed by atoms with van der Waals surface area (Å²) in [6.07, 6.45) is -6.14. The molecule has 1 unspecified atom stereocenters.